The first-order valence-electron chi connectivity index (χ1n) is 13.8. The molecule has 0 amide bonds. The number of nitrogens with one attached hydrogen (secondary N) is 1. The van der Waals surface area contributed by atoms with Crippen molar-refractivity contribution < 1.29 is 0 Å². The summed E-state index contributed by atoms with van der Waals surface area (Å²) in [7, 11) is 4.14. The second kappa shape index (κ2) is 19.4. The molecule has 0 unspecified atom stereocenters. The van der Waals surface area contributed by atoms with Crippen molar-refractivity contribution in [2.24, 2.45) is 10.7 Å². The maximum absolute atomic E-state index is 6.65. The molecule has 1 rings (SSSR count). The lowest BCUT2D eigenvalue weighted by atomic mass is 10.1. The molecular formula is C30H51N7S. The highest BCUT2D eigenvalue weighted by Gasteiger charge is 2.19. The SMILES string of the molecule is C=C/C(=C\C=C\C/N=C(/NC(=C)CCSC(=C)N)c1cnn([C@@H](CC)CCCCCC)c1N)CCN(C)C. The highest BCUT2D eigenvalue weighted by atomic mass is 32.2. The molecule has 8 heteroatoms. The molecule has 0 aliphatic rings. The molecule has 0 aromatic carbocycles. The quantitative estimate of drug-likeness (QED) is 0.0764. The largest absolute Gasteiger partial charge is 0.394 e. The third kappa shape index (κ3) is 13.2. The summed E-state index contributed by atoms with van der Waals surface area (Å²) in [5, 5.41) is 8.67. The van der Waals surface area contributed by atoms with E-state index >= 15 is 0 Å². The summed E-state index contributed by atoms with van der Waals surface area (Å²) in [6, 6.07) is 0.279. The minimum Gasteiger partial charge on any atom is -0.394 e. The number of hydrogen-bond donors (Lipinski definition) is 3. The number of thioether (sulfide) groups is 1. The van der Waals surface area contributed by atoms with Crippen LogP contribution in [-0.2, 0) is 0 Å². The number of allylic oxidation sites excluding steroid dienone is 4. The van der Waals surface area contributed by atoms with E-state index in [2.05, 4.69) is 69.1 Å². The molecule has 0 fully saturated rings. The van der Waals surface area contributed by atoms with Crippen molar-refractivity contribution in [3.8, 4) is 0 Å². The zero-order valence-corrected chi connectivity index (χ0v) is 25.0. The van der Waals surface area contributed by atoms with Crippen molar-refractivity contribution in [2.75, 3.05) is 38.7 Å². The summed E-state index contributed by atoms with van der Waals surface area (Å²) in [4.78, 5) is 7.00. The van der Waals surface area contributed by atoms with Gasteiger partial charge in [0.1, 0.15) is 11.7 Å². The van der Waals surface area contributed by atoms with E-state index in [1.165, 1.54) is 43.0 Å². The number of aromatic nitrogens is 2. The van der Waals surface area contributed by atoms with Gasteiger partial charge in [-0.2, -0.15) is 5.10 Å². The van der Waals surface area contributed by atoms with Crippen LogP contribution in [-0.4, -0.2) is 53.5 Å². The van der Waals surface area contributed by atoms with E-state index in [0.29, 0.717) is 23.2 Å². The predicted octanol–water partition coefficient (Wildman–Crippen LogP) is 6.41. The third-order valence-electron chi connectivity index (χ3n) is 6.19. The number of hydrogen-bond acceptors (Lipinski definition) is 6. The zero-order valence-electron chi connectivity index (χ0n) is 24.2. The van der Waals surface area contributed by atoms with Crippen LogP contribution >= 0.6 is 11.8 Å². The maximum Gasteiger partial charge on any atom is 0.138 e. The van der Waals surface area contributed by atoms with Crippen LogP contribution in [0.15, 0.2) is 71.5 Å². The number of aliphatic imine (C=N–C) groups is 1. The molecule has 1 atom stereocenters. The Labute approximate surface area is 235 Å². The fraction of sp³-hybridized carbons (Fsp3) is 0.533. The van der Waals surface area contributed by atoms with Crippen LogP contribution in [0.2, 0.25) is 0 Å². The Balaban J connectivity index is 3.07. The molecule has 0 aliphatic carbocycles. The number of nitrogen functional groups attached to an aromatic ring is 1. The van der Waals surface area contributed by atoms with Gasteiger partial charge in [-0.1, -0.05) is 83.6 Å². The molecule has 0 saturated carbocycles. The topological polar surface area (TPSA) is 97.5 Å². The minimum absolute atomic E-state index is 0.279. The van der Waals surface area contributed by atoms with Crippen molar-refractivity contribution in [3.63, 3.8) is 0 Å². The fourth-order valence-electron chi connectivity index (χ4n) is 3.88. The van der Waals surface area contributed by atoms with Crippen LogP contribution in [0.1, 0.15) is 76.8 Å². The summed E-state index contributed by atoms with van der Waals surface area (Å²) in [6.45, 7) is 17.8. The van der Waals surface area contributed by atoms with Crippen LogP contribution in [0, 0.1) is 0 Å². The van der Waals surface area contributed by atoms with Gasteiger partial charge in [-0.05, 0) is 45.4 Å². The summed E-state index contributed by atoms with van der Waals surface area (Å²) in [6.07, 6.45) is 18.5. The average molecular weight is 542 g/mol. The monoisotopic (exact) mass is 541 g/mol. The van der Waals surface area contributed by atoms with E-state index in [9.17, 15) is 0 Å². The number of rotatable bonds is 20. The second-order valence-corrected chi connectivity index (χ2v) is 10.9. The van der Waals surface area contributed by atoms with Crippen molar-refractivity contribution in [2.45, 2.75) is 71.3 Å². The van der Waals surface area contributed by atoms with E-state index < -0.39 is 0 Å². The summed E-state index contributed by atoms with van der Waals surface area (Å²) in [5.74, 6) is 2.11. The highest BCUT2D eigenvalue weighted by Crippen LogP contribution is 2.25. The van der Waals surface area contributed by atoms with Crippen LogP contribution in [0.5, 0.6) is 0 Å². The molecule has 38 heavy (non-hydrogen) atoms. The first-order chi connectivity index (χ1) is 18.2. The Kier molecular flexibility index (Phi) is 17.0. The fourth-order valence-corrected chi connectivity index (χ4v) is 4.49. The van der Waals surface area contributed by atoms with Crippen LogP contribution in [0.25, 0.3) is 0 Å². The molecular weight excluding hydrogens is 490 g/mol. The molecule has 0 spiro atoms. The first-order valence-corrected chi connectivity index (χ1v) is 14.7. The van der Waals surface area contributed by atoms with Gasteiger partial charge in [-0.15, -0.1) is 11.8 Å². The number of unbranched alkanes of at least 4 members (excludes halogenated alkanes) is 3. The number of amidine groups is 1. The van der Waals surface area contributed by atoms with Gasteiger partial charge in [-0.25, -0.2) is 4.68 Å². The van der Waals surface area contributed by atoms with Gasteiger partial charge in [0.15, 0.2) is 0 Å². The minimum atomic E-state index is 0.279. The number of nitrogens with two attached hydrogens (primary N) is 2. The van der Waals surface area contributed by atoms with Gasteiger partial charge in [-0.3, -0.25) is 4.99 Å². The van der Waals surface area contributed by atoms with Gasteiger partial charge in [0.2, 0.25) is 0 Å². The lowest BCUT2D eigenvalue weighted by Crippen LogP contribution is -2.25. The highest BCUT2D eigenvalue weighted by molar-refractivity contribution is 8.02. The molecule has 1 aromatic heterocycles. The summed E-state index contributed by atoms with van der Waals surface area (Å²) in [5.41, 5.74) is 15.2. The Hall–Kier alpha value is -2.71. The Bertz CT molecular complexity index is 956. The van der Waals surface area contributed by atoms with Crippen molar-refractivity contribution in [1.82, 2.24) is 20.0 Å². The molecule has 7 nitrogen and oxygen atoms in total. The average Bonchev–Trinajstić information content (AvgIpc) is 3.25. The van der Waals surface area contributed by atoms with Gasteiger partial charge in [0.05, 0.1) is 29.4 Å². The zero-order chi connectivity index (χ0) is 28.3. The number of anilines is 1. The maximum atomic E-state index is 6.65. The summed E-state index contributed by atoms with van der Waals surface area (Å²) >= 11 is 1.52. The lowest BCUT2D eigenvalue weighted by molar-refractivity contribution is 0.400. The standard InChI is InChI=1S/C30H51N7S/c1-8-11-12-13-17-27(10-3)37-29(32)28(23-34-37)30(35-24(4)19-22-38-25(5)31)33-20-15-14-16-26(9-2)18-21-36(6)7/h9,14-16,23,27H,2,4-5,8,10-13,17-22,31-32H2,1,3,6-7H3,(H,33,35)/b15-14+,26-16+/t27-/m0/s1. The van der Waals surface area contributed by atoms with Crippen molar-refractivity contribution in [3.05, 3.63) is 72.1 Å². The molecule has 0 bridgehead atoms. The van der Waals surface area contributed by atoms with Crippen LogP contribution in [0.4, 0.5) is 5.82 Å². The third-order valence-corrected chi connectivity index (χ3v) is 6.97. The lowest BCUT2D eigenvalue weighted by Gasteiger charge is -2.18. The predicted molar refractivity (Wildman–Crippen MR) is 169 cm³/mol. The smallest absolute Gasteiger partial charge is 0.138 e. The summed E-state index contributed by atoms with van der Waals surface area (Å²) < 4.78 is 1.97. The van der Waals surface area contributed by atoms with Gasteiger partial charge >= 0.3 is 0 Å². The van der Waals surface area contributed by atoms with E-state index in [1.54, 1.807) is 0 Å². The van der Waals surface area contributed by atoms with Crippen LogP contribution in [0.3, 0.4) is 0 Å². The second-order valence-electron chi connectivity index (χ2n) is 9.71. The Morgan fingerprint density at radius 3 is 2.63 bits per heavy atom. The van der Waals surface area contributed by atoms with Gasteiger partial charge in [0, 0.05) is 18.0 Å². The van der Waals surface area contributed by atoms with Crippen molar-refractivity contribution >= 4 is 23.4 Å². The molecule has 5 N–H and O–H groups in total. The van der Waals surface area contributed by atoms with E-state index in [-0.39, 0.29) is 6.04 Å². The van der Waals surface area contributed by atoms with Gasteiger partial charge < -0.3 is 21.7 Å². The van der Waals surface area contributed by atoms with E-state index in [1.807, 2.05) is 29.1 Å². The molecule has 1 heterocycles. The first kappa shape index (κ1) is 33.3. The van der Waals surface area contributed by atoms with Gasteiger partial charge in [0.25, 0.3) is 0 Å². The van der Waals surface area contributed by atoms with E-state index in [4.69, 9.17) is 16.5 Å². The Morgan fingerprint density at radius 1 is 1.24 bits per heavy atom. The molecule has 0 aliphatic heterocycles. The molecule has 0 saturated heterocycles. The van der Waals surface area contributed by atoms with Crippen molar-refractivity contribution in [1.29, 1.82) is 0 Å². The van der Waals surface area contributed by atoms with E-state index in [0.717, 1.165) is 49.2 Å². The Morgan fingerprint density at radius 2 is 2.00 bits per heavy atom. The number of nitrogens with zero attached hydrogens (tertiary/aromatic N) is 4. The molecule has 212 valence electrons. The molecule has 0 radical (unpaired) electrons. The molecule has 1 aromatic rings. The van der Waals surface area contributed by atoms with Crippen LogP contribution < -0.4 is 16.8 Å². The normalized spacial score (nSPS) is 13.3.